The van der Waals surface area contributed by atoms with Crippen LogP contribution in [0.3, 0.4) is 0 Å². The Morgan fingerprint density at radius 3 is 2.48 bits per heavy atom. The lowest BCUT2D eigenvalue weighted by atomic mass is 9.90. The normalized spacial score (nSPS) is 28.4. The molecule has 2 unspecified atom stereocenters. The van der Waals surface area contributed by atoms with E-state index < -0.39 is 11.7 Å². The number of hydrogen-bond donors (Lipinski definition) is 0. The summed E-state index contributed by atoms with van der Waals surface area (Å²) in [7, 11) is 0. The maximum atomic E-state index is 12.6. The van der Waals surface area contributed by atoms with E-state index in [-0.39, 0.29) is 11.5 Å². The second-order valence-corrected chi connectivity index (χ2v) is 7.67. The van der Waals surface area contributed by atoms with E-state index in [1.807, 2.05) is 0 Å². The third kappa shape index (κ3) is 4.07. The van der Waals surface area contributed by atoms with E-state index in [0.717, 1.165) is 44.6 Å². The SMILES string of the molecule is CC1(C)COC(CN2CCC(c3ccc(C(F)(F)F)cc3)C2)C1. The highest BCUT2D eigenvalue weighted by molar-refractivity contribution is 5.28. The molecule has 23 heavy (non-hydrogen) atoms. The van der Waals surface area contributed by atoms with E-state index in [2.05, 4.69) is 18.7 Å². The van der Waals surface area contributed by atoms with E-state index in [1.54, 1.807) is 12.1 Å². The van der Waals surface area contributed by atoms with Crippen LogP contribution < -0.4 is 0 Å². The van der Waals surface area contributed by atoms with Crippen molar-refractivity contribution in [2.24, 2.45) is 5.41 Å². The van der Waals surface area contributed by atoms with Gasteiger partial charge in [-0.2, -0.15) is 13.2 Å². The number of nitrogens with zero attached hydrogens (tertiary/aromatic N) is 1. The molecule has 0 spiro atoms. The van der Waals surface area contributed by atoms with Gasteiger partial charge in [0.05, 0.1) is 18.3 Å². The molecule has 2 fully saturated rings. The highest BCUT2D eigenvalue weighted by Gasteiger charge is 2.35. The third-order valence-electron chi connectivity index (χ3n) is 4.93. The zero-order chi connectivity index (χ0) is 16.7. The van der Waals surface area contributed by atoms with Gasteiger partial charge >= 0.3 is 6.18 Å². The zero-order valence-corrected chi connectivity index (χ0v) is 13.7. The smallest absolute Gasteiger partial charge is 0.376 e. The number of alkyl halides is 3. The first kappa shape index (κ1) is 16.8. The summed E-state index contributed by atoms with van der Waals surface area (Å²) in [6.07, 6.45) is -1.89. The van der Waals surface area contributed by atoms with Gasteiger partial charge in [-0.15, -0.1) is 0 Å². The van der Waals surface area contributed by atoms with Crippen molar-refractivity contribution in [1.82, 2.24) is 4.90 Å². The second kappa shape index (κ2) is 6.10. The fourth-order valence-electron chi connectivity index (χ4n) is 3.70. The third-order valence-corrected chi connectivity index (χ3v) is 4.93. The van der Waals surface area contributed by atoms with Gasteiger partial charge in [0.15, 0.2) is 0 Å². The summed E-state index contributed by atoms with van der Waals surface area (Å²) in [5.41, 5.74) is 0.697. The molecule has 0 amide bonds. The Kier molecular flexibility index (Phi) is 4.45. The molecular formula is C18H24F3NO. The number of hydrogen-bond acceptors (Lipinski definition) is 2. The Morgan fingerprint density at radius 1 is 1.22 bits per heavy atom. The number of ether oxygens (including phenoxy) is 1. The van der Waals surface area contributed by atoms with E-state index in [1.165, 1.54) is 12.1 Å². The Morgan fingerprint density at radius 2 is 1.91 bits per heavy atom. The molecule has 2 nitrogen and oxygen atoms in total. The molecule has 0 aliphatic carbocycles. The predicted octanol–water partition coefficient (Wildman–Crippen LogP) is 4.31. The average Bonchev–Trinajstić information content (AvgIpc) is 3.05. The van der Waals surface area contributed by atoms with Gasteiger partial charge in [0.25, 0.3) is 0 Å². The van der Waals surface area contributed by atoms with Crippen molar-refractivity contribution in [1.29, 1.82) is 0 Å². The number of likely N-dealkylation sites (tertiary alicyclic amines) is 1. The summed E-state index contributed by atoms with van der Waals surface area (Å²) >= 11 is 0. The van der Waals surface area contributed by atoms with Crippen LogP contribution in [0, 0.1) is 5.41 Å². The van der Waals surface area contributed by atoms with Crippen molar-refractivity contribution in [3.8, 4) is 0 Å². The van der Waals surface area contributed by atoms with Crippen LogP contribution >= 0.6 is 0 Å². The summed E-state index contributed by atoms with van der Waals surface area (Å²) in [4.78, 5) is 2.38. The van der Waals surface area contributed by atoms with E-state index in [9.17, 15) is 13.2 Å². The van der Waals surface area contributed by atoms with Crippen LogP contribution in [0.25, 0.3) is 0 Å². The molecule has 2 atom stereocenters. The second-order valence-electron chi connectivity index (χ2n) is 7.67. The molecule has 3 rings (SSSR count). The minimum absolute atomic E-state index is 0.261. The standard InChI is InChI=1S/C18H24F3NO/c1-17(2)9-16(23-12-17)11-22-8-7-14(10-22)13-3-5-15(6-4-13)18(19,20)21/h3-6,14,16H,7-12H2,1-2H3. The average molecular weight is 327 g/mol. The molecule has 0 radical (unpaired) electrons. The van der Waals surface area contributed by atoms with E-state index in [4.69, 9.17) is 4.74 Å². The first-order chi connectivity index (χ1) is 10.7. The van der Waals surface area contributed by atoms with Gasteiger partial charge < -0.3 is 9.64 Å². The Balaban J connectivity index is 1.55. The minimum atomic E-state index is -4.26. The monoisotopic (exact) mass is 327 g/mol. The van der Waals surface area contributed by atoms with Crippen LogP contribution in [-0.4, -0.2) is 37.2 Å². The number of benzene rings is 1. The summed E-state index contributed by atoms with van der Waals surface area (Å²) in [6.45, 7) is 8.09. The summed E-state index contributed by atoms with van der Waals surface area (Å²) in [5, 5.41) is 0. The molecule has 2 heterocycles. The van der Waals surface area contributed by atoms with Crippen LogP contribution in [0.15, 0.2) is 24.3 Å². The Bertz CT molecular complexity index is 538. The van der Waals surface area contributed by atoms with Crippen molar-refractivity contribution in [3.63, 3.8) is 0 Å². The molecule has 128 valence electrons. The van der Waals surface area contributed by atoms with Crippen LogP contribution in [0.2, 0.25) is 0 Å². The zero-order valence-electron chi connectivity index (χ0n) is 13.7. The van der Waals surface area contributed by atoms with Crippen LogP contribution in [0.1, 0.15) is 43.7 Å². The fraction of sp³-hybridized carbons (Fsp3) is 0.667. The lowest BCUT2D eigenvalue weighted by Crippen LogP contribution is -2.30. The van der Waals surface area contributed by atoms with E-state index >= 15 is 0 Å². The van der Waals surface area contributed by atoms with Gasteiger partial charge in [-0.05, 0) is 48.4 Å². The molecular weight excluding hydrogens is 303 g/mol. The van der Waals surface area contributed by atoms with Crippen LogP contribution in [0.5, 0.6) is 0 Å². The lowest BCUT2D eigenvalue weighted by Gasteiger charge is -2.21. The van der Waals surface area contributed by atoms with Crippen LogP contribution in [0.4, 0.5) is 13.2 Å². The Labute approximate surface area is 135 Å². The van der Waals surface area contributed by atoms with Crippen molar-refractivity contribution >= 4 is 0 Å². The molecule has 0 N–H and O–H groups in total. The molecule has 5 heteroatoms. The molecule has 1 aromatic carbocycles. The van der Waals surface area contributed by atoms with Crippen LogP contribution in [-0.2, 0) is 10.9 Å². The summed E-state index contributed by atoms with van der Waals surface area (Å²) in [6, 6.07) is 5.65. The fourth-order valence-corrected chi connectivity index (χ4v) is 3.70. The van der Waals surface area contributed by atoms with Crippen molar-refractivity contribution in [2.45, 2.75) is 44.9 Å². The molecule has 0 aromatic heterocycles. The highest BCUT2D eigenvalue weighted by Crippen LogP contribution is 2.35. The molecule has 0 saturated carbocycles. The van der Waals surface area contributed by atoms with Crippen molar-refractivity contribution in [2.75, 3.05) is 26.2 Å². The van der Waals surface area contributed by atoms with Gasteiger partial charge in [-0.25, -0.2) is 0 Å². The number of rotatable bonds is 3. The summed E-state index contributed by atoms with van der Waals surface area (Å²) in [5.74, 6) is 0.326. The molecule has 1 aromatic rings. The highest BCUT2D eigenvalue weighted by atomic mass is 19.4. The molecule has 2 aliphatic rings. The van der Waals surface area contributed by atoms with Gasteiger partial charge in [-0.1, -0.05) is 26.0 Å². The Hall–Kier alpha value is -1.07. The van der Waals surface area contributed by atoms with Gasteiger partial charge in [0.2, 0.25) is 0 Å². The van der Waals surface area contributed by atoms with Crippen molar-refractivity contribution < 1.29 is 17.9 Å². The van der Waals surface area contributed by atoms with Gasteiger partial charge in [0.1, 0.15) is 0 Å². The largest absolute Gasteiger partial charge is 0.416 e. The maximum absolute atomic E-state index is 12.6. The van der Waals surface area contributed by atoms with E-state index in [0.29, 0.717) is 5.92 Å². The first-order valence-corrected chi connectivity index (χ1v) is 8.24. The van der Waals surface area contributed by atoms with Gasteiger partial charge in [0, 0.05) is 13.1 Å². The molecule has 2 saturated heterocycles. The quantitative estimate of drug-likeness (QED) is 0.820. The molecule has 2 aliphatic heterocycles. The van der Waals surface area contributed by atoms with Crippen molar-refractivity contribution in [3.05, 3.63) is 35.4 Å². The number of halogens is 3. The predicted molar refractivity (Wildman–Crippen MR) is 83.4 cm³/mol. The molecule has 0 bridgehead atoms. The van der Waals surface area contributed by atoms with Gasteiger partial charge in [-0.3, -0.25) is 0 Å². The minimum Gasteiger partial charge on any atom is -0.376 e. The lowest BCUT2D eigenvalue weighted by molar-refractivity contribution is -0.137. The first-order valence-electron chi connectivity index (χ1n) is 8.24. The topological polar surface area (TPSA) is 12.5 Å². The maximum Gasteiger partial charge on any atom is 0.416 e. The summed E-state index contributed by atoms with van der Waals surface area (Å²) < 4.78 is 43.7.